The Morgan fingerprint density at radius 2 is 2.06 bits per heavy atom. The summed E-state index contributed by atoms with van der Waals surface area (Å²) in [4.78, 5) is 23.2. The summed E-state index contributed by atoms with van der Waals surface area (Å²) in [5, 5.41) is 2.96. The van der Waals surface area contributed by atoms with Crippen LogP contribution in [0.4, 0.5) is 0 Å². The standard InChI is InChI=1S/C11H16N2O2.C2H6/c1-3-10(14)9-5-4-7-13(11(9)15)8-6-12-2;1-2/h4-5,7,12H,3,6,8H2,1-2H3;1-2H3. The minimum Gasteiger partial charge on any atom is -0.318 e. The lowest BCUT2D eigenvalue weighted by Crippen LogP contribution is -2.28. The number of rotatable bonds is 5. The Bertz CT molecular complexity index is 397. The highest BCUT2D eigenvalue weighted by molar-refractivity contribution is 5.95. The Hall–Kier alpha value is -1.42. The monoisotopic (exact) mass is 238 g/mol. The first-order valence-corrected chi connectivity index (χ1v) is 6.08. The summed E-state index contributed by atoms with van der Waals surface area (Å²) in [6.07, 6.45) is 2.07. The maximum Gasteiger partial charge on any atom is 0.261 e. The van der Waals surface area contributed by atoms with E-state index >= 15 is 0 Å². The van der Waals surface area contributed by atoms with Crippen LogP contribution in [0.15, 0.2) is 23.1 Å². The average molecular weight is 238 g/mol. The van der Waals surface area contributed by atoms with Gasteiger partial charge < -0.3 is 9.88 Å². The van der Waals surface area contributed by atoms with Crippen LogP contribution in [0.2, 0.25) is 0 Å². The quantitative estimate of drug-likeness (QED) is 0.794. The van der Waals surface area contributed by atoms with Crippen LogP contribution in [0.25, 0.3) is 0 Å². The average Bonchev–Trinajstić information content (AvgIpc) is 2.39. The molecule has 0 fully saturated rings. The molecule has 1 aromatic heterocycles. The Kier molecular flexibility index (Phi) is 7.97. The van der Waals surface area contributed by atoms with Crippen molar-refractivity contribution in [2.24, 2.45) is 0 Å². The third-order valence-corrected chi connectivity index (χ3v) is 2.24. The van der Waals surface area contributed by atoms with Crippen molar-refractivity contribution >= 4 is 5.78 Å². The summed E-state index contributed by atoms with van der Waals surface area (Å²) in [5.74, 6) is -0.0983. The fraction of sp³-hybridized carbons (Fsp3) is 0.538. The van der Waals surface area contributed by atoms with Gasteiger partial charge in [0, 0.05) is 25.7 Å². The summed E-state index contributed by atoms with van der Waals surface area (Å²) in [6, 6.07) is 3.32. The second-order valence-electron chi connectivity index (χ2n) is 3.30. The zero-order valence-corrected chi connectivity index (χ0v) is 11.1. The summed E-state index contributed by atoms with van der Waals surface area (Å²) in [5.41, 5.74) is 0.0932. The third kappa shape index (κ3) is 4.53. The van der Waals surface area contributed by atoms with Gasteiger partial charge >= 0.3 is 0 Å². The van der Waals surface area contributed by atoms with Crippen LogP contribution in [0, 0.1) is 0 Å². The van der Waals surface area contributed by atoms with E-state index in [1.165, 1.54) is 0 Å². The highest BCUT2D eigenvalue weighted by Gasteiger charge is 2.09. The first-order chi connectivity index (χ1) is 8.20. The fourth-order valence-corrected chi connectivity index (χ4v) is 1.35. The Labute approximate surface area is 103 Å². The number of pyridine rings is 1. The second kappa shape index (κ2) is 8.70. The SMILES string of the molecule is CC.CCC(=O)c1cccn(CCNC)c1=O. The molecule has 4 nitrogen and oxygen atoms in total. The highest BCUT2D eigenvalue weighted by atomic mass is 16.1. The van der Waals surface area contributed by atoms with Crippen molar-refractivity contribution in [1.29, 1.82) is 0 Å². The zero-order valence-electron chi connectivity index (χ0n) is 11.1. The highest BCUT2D eigenvalue weighted by Crippen LogP contribution is 1.96. The minimum atomic E-state index is -0.195. The van der Waals surface area contributed by atoms with Gasteiger partial charge in [0.1, 0.15) is 0 Å². The fourth-order valence-electron chi connectivity index (χ4n) is 1.35. The molecule has 0 saturated heterocycles. The van der Waals surface area contributed by atoms with Gasteiger partial charge in [-0.2, -0.15) is 0 Å². The molecule has 0 amide bonds. The normalized spacial score (nSPS) is 9.41. The lowest BCUT2D eigenvalue weighted by Gasteiger charge is -2.06. The predicted octanol–water partition coefficient (Wildman–Crippen LogP) is 1.69. The van der Waals surface area contributed by atoms with Crippen LogP contribution < -0.4 is 10.9 Å². The molecule has 1 rings (SSSR count). The first kappa shape index (κ1) is 15.6. The Morgan fingerprint density at radius 1 is 1.41 bits per heavy atom. The number of ketones is 1. The molecule has 0 aliphatic rings. The minimum absolute atomic E-state index is 0.0983. The summed E-state index contributed by atoms with van der Waals surface area (Å²) in [6.45, 7) is 7.05. The lowest BCUT2D eigenvalue weighted by molar-refractivity contribution is 0.0986. The summed E-state index contributed by atoms with van der Waals surface area (Å²) in [7, 11) is 1.83. The Morgan fingerprint density at radius 3 is 2.59 bits per heavy atom. The zero-order chi connectivity index (χ0) is 13.3. The van der Waals surface area contributed by atoms with Crippen molar-refractivity contribution in [2.75, 3.05) is 13.6 Å². The van der Waals surface area contributed by atoms with Crippen LogP contribution in [-0.2, 0) is 6.54 Å². The van der Waals surface area contributed by atoms with E-state index in [0.29, 0.717) is 19.5 Å². The molecule has 17 heavy (non-hydrogen) atoms. The maximum atomic E-state index is 11.8. The van der Waals surface area contributed by atoms with Crippen LogP contribution in [0.1, 0.15) is 37.6 Å². The molecule has 0 bridgehead atoms. The molecule has 1 heterocycles. The topological polar surface area (TPSA) is 51.1 Å². The van der Waals surface area contributed by atoms with E-state index in [9.17, 15) is 9.59 Å². The van der Waals surface area contributed by atoms with E-state index in [1.807, 2.05) is 20.9 Å². The largest absolute Gasteiger partial charge is 0.318 e. The molecular weight excluding hydrogens is 216 g/mol. The van der Waals surface area contributed by atoms with Gasteiger partial charge in [0.05, 0.1) is 5.56 Å². The van der Waals surface area contributed by atoms with E-state index in [1.54, 1.807) is 29.8 Å². The van der Waals surface area contributed by atoms with Crippen molar-refractivity contribution in [2.45, 2.75) is 33.7 Å². The predicted molar refractivity (Wildman–Crippen MR) is 70.6 cm³/mol. The van der Waals surface area contributed by atoms with Crippen molar-refractivity contribution < 1.29 is 4.79 Å². The molecule has 0 aliphatic heterocycles. The molecule has 1 aromatic rings. The smallest absolute Gasteiger partial charge is 0.261 e. The van der Waals surface area contributed by atoms with Gasteiger partial charge in [0.15, 0.2) is 5.78 Å². The van der Waals surface area contributed by atoms with Crippen molar-refractivity contribution in [3.8, 4) is 0 Å². The van der Waals surface area contributed by atoms with Crippen LogP contribution in [0.3, 0.4) is 0 Å². The van der Waals surface area contributed by atoms with Gasteiger partial charge in [0.25, 0.3) is 5.56 Å². The molecule has 0 radical (unpaired) electrons. The van der Waals surface area contributed by atoms with Gasteiger partial charge in [-0.1, -0.05) is 20.8 Å². The van der Waals surface area contributed by atoms with Crippen molar-refractivity contribution in [1.82, 2.24) is 9.88 Å². The molecule has 4 heteroatoms. The summed E-state index contributed by atoms with van der Waals surface area (Å²) >= 11 is 0. The number of Topliss-reactive ketones (excluding diaryl/α,β-unsaturated/α-hetero) is 1. The first-order valence-electron chi connectivity index (χ1n) is 6.08. The number of nitrogens with one attached hydrogen (secondary N) is 1. The molecular formula is C13H22N2O2. The van der Waals surface area contributed by atoms with E-state index in [4.69, 9.17) is 0 Å². The molecule has 0 unspecified atom stereocenters. The Balaban J connectivity index is 0.00000121. The van der Waals surface area contributed by atoms with Gasteiger partial charge in [0.2, 0.25) is 0 Å². The summed E-state index contributed by atoms with van der Waals surface area (Å²) < 4.78 is 1.55. The number of hydrogen-bond donors (Lipinski definition) is 1. The number of carbonyl (C=O) groups is 1. The molecule has 0 spiro atoms. The third-order valence-electron chi connectivity index (χ3n) is 2.24. The van der Waals surface area contributed by atoms with E-state index in [2.05, 4.69) is 5.32 Å². The second-order valence-corrected chi connectivity index (χ2v) is 3.30. The van der Waals surface area contributed by atoms with Crippen molar-refractivity contribution in [3.05, 3.63) is 34.2 Å². The maximum absolute atomic E-state index is 11.8. The number of aromatic nitrogens is 1. The number of carbonyl (C=O) groups excluding carboxylic acids is 1. The molecule has 0 atom stereocenters. The molecule has 0 aromatic carbocycles. The van der Waals surface area contributed by atoms with Gasteiger partial charge in [-0.05, 0) is 19.2 Å². The van der Waals surface area contributed by atoms with Crippen LogP contribution >= 0.6 is 0 Å². The molecule has 1 N–H and O–H groups in total. The van der Waals surface area contributed by atoms with Crippen LogP contribution in [-0.4, -0.2) is 23.9 Å². The lowest BCUT2D eigenvalue weighted by atomic mass is 10.1. The van der Waals surface area contributed by atoms with Crippen LogP contribution in [0.5, 0.6) is 0 Å². The molecule has 0 saturated carbocycles. The molecule has 0 aliphatic carbocycles. The van der Waals surface area contributed by atoms with Gasteiger partial charge in [-0.3, -0.25) is 9.59 Å². The number of nitrogens with zero attached hydrogens (tertiary/aromatic N) is 1. The van der Waals surface area contributed by atoms with Gasteiger partial charge in [-0.25, -0.2) is 0 Å². The van der Waals surface area contributed by atoms with E-state index < -0.39 is 0 Å². The number of hydrogen-bond acceptors (Lipinski definition) is 3. The van der Waals surface area contributed by atoms with E-state index in [0.717, 1.165) is 0 Å². The number of likely N-dealkylation sites (N-methyl/N-ethyl adjacent to an activating group) is 1. The van der Waals surface area contributed by atoms with E-state index in [-0.39, 0.29) is 16.9 Å². The van der Waals surface area contributed by atoms with Crippen molar-refractivity contribution in [3.63, 3.8) is 0 Å². The molecule has 96 valence electrons. The van der Waals surface area contributed by atoms with Gasteiger partial charge in [-0.15, -0.1) is 0 Å².